The Balaban J connectivity index is 1.43. The fourth-order valence-corrected chi connectivity index (χ4v) is 4.31. The highest BCUT2D eigenvalue weighted by Crippen LogP contribution is 2.28. The zero-order chi connectivity index (χ0) is 19.0. The van der Waals surface area contributed by atoms with E-state index in [-0.39, 0.29) is 24.1 Å². The molecule has 3 N–H and O–H groups in total. The van der Waals surface area contributed by atoms with Crippen LogP contribution >= 0.6 is 0 Å². The van der Waals surface area contributed by atoms with Crippen LogP contribution < -0.4 is 16.0 Å². The van der Waals surface area contributed by atoms with Gasteiger partial charge in [-0.2, -0.15) is 0 Å². The maximum Gasteiger partial charge on any atom is 0.255 e. The van der Waals surface area contributed by atoms with E-state index < -0.39 is 6.04 Å². The lowest BCUT2D eigenvalue weighted by molar-refractivity contribution is -0.136. The van der Waals surface area contributed by atoms with E-state index in [9.17, 15) is 14.4 Å². The minimum absolute atomic E-state index is 0.121. The highest BCUT2D eigenvalue weighted by Gasteiger charge is 2.39. The highest BCUT2D eigenvalue weighted by molar-refractivity contribution is 6.05. The van der Waals surface area contributed by atoms with Crippen LogP contribution in [-0.2, 0) is 22.7 Å². The molecule has 3 amide bonds. The Morgan fingerprint density at radius 2 is 2.07 bits per heavy atom. The smallest absolute Gasteiger partial charge is 0.255 e. The van der Waals surface area contributed by atoms with Gasteiger partial charge in [0.05, 0.1) is 0 Å². The zero-order valence-corrected chi connectivity index (χ0v) is 15.6. The first-order valence-electron chi connectivity index (χ1n) is 9.76. The van der Waals surface area contributed by atoms with E-state index in [4.69, 9.17) is 0 Å². The van der Waals surface area contributed by atoms with Crippen molar-refractivity contribution < 1.29 is 14.4 Å². The van der Waals surface area contributed by atoms with Crippen molar-refractivity contribution in [1.82, 2.24) is 20.9 Å². The number of hydrogen-bond acceptors (Lipinski definition) is 5. The van der Waals surface area contributed by atoms with Crippen LogP contribution in [0.25, 0.3) is 0 Å². The Morgan fingerprint density at radius 1 is 1.22 bits per heavy atom. The molecular formula is C20H26N4O3. The summed E-state index contributed by atoms with van der Waals surface area (Å²) in [7, 11) is 0. The summed E-state index contributed by atoms with van der Waals surface area (Å²) in [5.41, 5.74) is 2.76. The lowest BCUT2D eigenvalue weighted by atomic mass is 9.99. The van der Waals surface area contributed by atoms with Crippen LogP contribution in [0.3, 0.4) is 0 Å². The predicted octanol–water partition coefficient (Wildman–Crippen LogP) is 0.678. The molecule has 27 heavy (non-hydrogen) atoms. The maximum atomic E-state index is 12.7. The van der Waals surface area contributed by atoms with E-state index in [1.165, 1.54) is 12.8 Å². The Morgan fingerprint density at radius 3 is 2.85 bits per heavy atom. The van der Waals surface area contributed by atoms with Crippen molar-refractivity contribution in [2.24, 2.45) is 0 Å². The van der Waals surface area contributed by atoms with Crippen LogP contribution in [-0.4, -0.2) is 47.3 Å². The number of amides is 3. The third-order valence-electron chi connectivity index (χ3n) is 5.92. The largest absolute Gasteiger partial charge is 0.322 e. The number of rotatable bonds is 4. The lowest BCUT2D eigenvalue weighted by Crippen LogP contribution is -2.52. The lowest BCUT2D eigenvalue weighted by Gasteiger charge is -2.30. The molecule has 4 rings (SSSR count). The van der Waals surface area contributed by atoms with E-state index in [0.29, 0.717) is 30.6 Å². The number of hydrogen-bond donors (Lipinski definition) is 3. The van der Waals surface area contributed by atoms with E-state index in [1.807, 2.05) is 12.1 Å². The summed E-state index contributed by atoms with van der Waals surface area (Å²) in [5, 5.41) is 9.44. The minimum Gasteiger partial charge on any atom is -0.322 e. The molecule has 2 fully saturated rings. The van der Waals surface area contributed by atoms with Gasteiger partial charge in [-0.15, -0.1) is 0 Å². The van der Waals surface area contributed by atoms with Crippen molar-refractivity contribution in [3.63, 3.8) is 0 Å². The molecule has 0 aromatic heterocycles. The summed E-state index contributed by atoms with van der Waals surface area (Å²) >= 11 is 0. The minimum atomic E-state index is -0.557. The number of piperidine rings is 2. The second-order valence-corrected chi connectivity index (χ2v) is 7.76. The number of fused-ring (bicyclic) bond motifs is 1. The topological polar surface area (TPSA) is 90.5 Å². The van der Waals surface area contributed by atoms with Gasteiger partial charge in [-0.1, -0.05) is 12.1 Å². The maximum absolute atomic E-state index is 12.7. The van der Waals surface area contributed by atoms with Crippen LogP contribution in [0, 0.1) is 0 Å². The first-order valence-corrected chi connectivity index (χ1v) is 9.76. The van der Waals surface area contributed by atoms with Crippen molar-refractivity contribution in [3.8, 4) is 0 Å². The summed E-state index contributed by atoms with van der Waals surface area (Å²) in [5.74, 6) is -0.752. The zero-order valence-electron chi connectivity index (χ0n) is 15.6. The molecule has 0 aliphatic carbocycles. The Hall–Kier alpha value is -2.25. The number of nitrogens with one attached hydrogen (secondary N) is 3. The second-order valence-electron chi connectivity index (χ2n) is 7.76. The standard InChI is InChI=1S/C20H26N4O3/c1-12-16(3-2-8-21-12)22-10-13-4-5-15-14(9-13)11-24(20(15)27)17-6-7-18(25)23-19(17)26/h4-5,9,12,16-17,21-22H,2-3,6-8,10-11H2,1H3,(H,23,25,26)/t12-,16-,17?/m1/s1. The normalized spacial score (nSPS) is 28.3. The number of imide groups is 1. The van der Waals surface area contributed by atoms with Gasteiger partial charge in [0.25, 0.3) is 5.91 Å². The number of carbonyl (C=O) groups excluding carboxylic acids is 3. The Bertz CT molecular complexity index is 778. The van der Waals surface area contributed by atoms with Gasteiger partial charge in [0, 0.05) is 37.2 Å². The monoisotopic (exact) mass is 370 g/mol. The number of benzene rings is 1. The molecule has 3 aliphatic heterocycles. The van der Waals surface area contributed by atoms with Crippen molar-refractivity contribution in [2.45, 2.75) is 63.8 Å². The quantitative estimate of drug-likeness (QED) is 0.678. The molecule has 0 saturated carbocycles. The predicted molar refractivity (Wildman–Crippen MR) is 99.8 cm³/mol. The van der Waals surface area contributed by atoms with Crippen LogP contribution in [0.5, 0.6) is 0 Å². The van der Waals surface area contributed by atoms with Crippen molar-refractivity contribution in [3.05, 3.63) is 34.9 Å². The number of nitrogens with zero attached hydrogens (tertiary/aromatic N) is 1. The molecule has 3 aliphatic rings. The average molecular weight is 370 g/mol. The molecule has 3 atom stereocenters. The summed E-state index contributed by atoms with van der Waals surface area (Å²) in [6.07, 6.45) is 3.02. The Labute approximate surface area is 158 Å². The average Bonchev–Trinajstić information content (AvgIpc) is 2.97. The molecule has 2 saturated heterocycles. The van der Waals surface area contributed by atoms with E-state index >= 15 is 0 Å². The summed E-state index contributed by atoms with van der Waals surface area (Å²) in [4.78, 5) is 37.8. The molecule has 0 spiro atoms. The summed E-state index contributed by atoms with van der Waals surface area (Å²) in [6, 6.07) is 6.26. The SMILES string of the molecule is C[C@H]1NCCC[C@H]1NCc1ccc2c(c1)CN(C1CCC(=O)NC1=O)C2=O. The highest BCUT2D eigenvalue weighted by atomic mass is 16.2. The van der Waals surface area contributed by atoms with Crippen molar-refractivity contribution in [1.29, 1.82) is 0 Å². The van der Waals surface area contributed by atoms with E-state index in [2.05, 4.69) is 28.9 Å². The Kier molecular flexibility index (Phi) is 4.97. The van der Waals surface area contributed by atoms with Gasteiger partial charge in [0.1, 0.15) is 6.04 Å². The molecule has 3 heterocycles. The third kappa shape index (κ3) is 3.61. The van der Waals surface area contributed by atoms with Gasteiger partial charge in [-0.3, -0.25) is 19.7 Å². The molecule has 0 radical (unpaired) electrons. The van der Waals surface area contributed by atoms with Gasteiger partial charge in [-0.05, 0) is 49.9 Å². The molecule has 0 bridgehead atoms. The van der Waals surface area contributed by atoms with Crippen LogP contribution in [0.15, 0.2) is 18.2 Å². The molecule has 7 nitrogen and oxygen atoms in total. The van der Waals surface area contributed by atoms with E-state index in [0.717, 1.165) is 24.2 Å². The van der Waals surface area contributed by atoms with Gasteiger partial charge >= 0.3 is 0 Å². The fourth-order valence-electron chi connectivity index (χ4n) is 4.31. The van der Waals surface area contributed by atoms with E-state index in [1.54, 1.807) is 4.90 Å². The molecule has 7 heteroatoms. The van der Waals surface area contributed by atoms with Gasteiger partial charge < -0.3 is 15.5 Å². The third-order valence-corrected chi connectivity index (χ3v) is 5.92. The first kappa shape index (κ1) is 18.1. The summed E-state index contributed by atoms with van der Waals surface area (Å²) < 4.78 is 0. The van der Waals surface area contributed by atoms with Gasteiger partial charge in [-0.25, -0.2) is 0 Å². The second kappa shape index (κ2) is 7.40. The first-order chi connectivity index (χ1) is 13.0. The van der Waals surface area contributed by atoms with Gasteiger partial charge in [0.15, 0.2) is 0 Å². The molecule has 1 aromatic rings. The molecular weight excluding hydrogens is 344 g/mol. The number of carbonyl (C=O) groups is 3. The van der Waals surface area contributed by atoms with Crippen molar-refractivity contribution >= 4 is 17.7 Å². The van der Waals surface area contributed by atoms with Crippen LogP contribution in [0.2, 0.25) is 0 Å². The van der Waals surface area contributed by atoms with Crippen molar-refractivity contribution in [2.75, 3.05) is 6.54 Å². The molecule has 144 valence electrons. The van der Waals surface area contributed by atoms with Crippen LogP contribution in [0.1, 0.15) is 54.1 Å². The van der Waals surface area contributed by atoms with Crippen LogP contribution in [0.4, 0.5) is 0 Å². The summed E-state index contributed by atoms with van der Waals surface area (Å²) in [6.45, 7) is 4.47. The molecule has 1 aromatic carbocycles. The molecule has 1 unspecified atom stereocenters. The van der Waals surface area contributed by atoms with Gasteiger partial charge in [0.2, 0.25) is 11.8 Å². The fraction of sp³-hybridized carbons (Fsp3) is 0.550.